The molecule has 132 valence electrons. The van der Waals surface area contributed by atoms with Gasteiger partial charge in [0.05, 0.1) is 11.3 Å². The molecule has 1 amide bonds. The second-order valence-corrected chi connectivity index (χ2v) is 5.17. The molecule has 3 rings (SSSR count). The minimum absolute atomic E-state index is 0.0343. The van der Waals surface area contributed by atoms with Crippen molar-refractivity contribution in [3.63, 3.8) is 0 Å². The van der Waals surface area contributed by atoms with Gasteiger partial charge in [0.15, 0.2) is 5.82 Å². The average molecular weight is 362 g/mol. The molecule has 3 aromatic rings. The van der Waals surface area contributed by atoms with Crippen LogP contribution >= 0.6 is 0 Å². The van der Waals surface area contributed by atoms with Gasteiger partial charge in [0, 0.05) is 11.8 Å². The van der Waals surface area contributed by atoms with E-state index in [1.807, 2.05) is 0 Å². The highest BCUT2D eigenvalue weighted by atomic mass is 19.4. The lowest BCUT2D eigenvalue weighted by atomic mass is 10.1. The number of benzene rings is 1. The van der Waals surface area contributed by atoms with Gasteiger partial charge < -0.3 is 5.32 Å². The fourth-order valence-electron chi connectivity index (χ4n) is 2.12. The topological polar surface area (TPSA) is 67.8 Å². The van der Waals surface area contributed by atoms with Gasteiger partial charge in [0.1, 0.15) is 11.5 Å². The second kappa shape index (κ2) is 6.87. The van der Waals surface area contributed by atoms with Crippen molar-refractivity contribution in [2.75, 3.05) is 5.32 Å². The molecule has 0 bridgehead atoms. The van der Waals surface area contributed by atoms with Crippen molar-refractivity contribution in [3.05, 3.63) is 71.8 Å². The summed E-state index contributed by atoms with van der Waals surface area (Å²) in [6, 6.07) is 9.65. The van der Waals surface area contributed by atoms with E-state index in [0.717, 1.165) is 12.1 Å². The second-order valence-electron chi connectivity index (χ2n) is 5.17. The van der Waals surface area contributed by atoms with Crippen LogP contribution in [0.3, 0.4) is 0 Å². The number of aromatic nitrogens is 3. The molecule has 0 saturated heterocycles. The number of anilines is 1. The van der Waals surface area contributed by atoms with Gasteiger partial charge in [0.25, 0.3) is 5.91 Å². The van der Waals surface area contributed by atoms with Gasteiger partial charge in [-0.15, -0.1) is 10.2 Å². The zero-order valence-corrected chi connectivity index (χ0v) is 13.0. The lowest BCUT2D eigenvalue weighted by Crippen LogP contribution is -2.14. The molecule has 0 atom stereocenters. The van der Waals surface area contributed by atoms with Crippen LogP contribution in [-0.4, -0.2) is 21.1 Å². The summed E-state index contributed by atoms with van der Waals surface area (Å²) in [5, 5.41) is 9.94. The third-order valence-corrected chi connectivity index (χ3v) is 3.38. The Hall–Kier alpha value is -3.36. The van der Waals surface area contributed by atoms with Crippen molar-refractivity contribution in [2.24, 2.45) is 0 Å². The van der Waals surface area contributed by atoms with E-state index in [1.54, 1.807) is 12.1 Å². The highest BCUT2D eigenvalue weighted by Gasteiger charge is 2.31. The summed E-state index contributed by atoms with van der Waals surface area (Å²) < 4.78 is 51.7. The van der Waals surface area contributed by atoms with E-state index in [2.05, 4.69) is 20.5 Å². The number of nitrogens with one attached hydrogen (secondary N) is 1. The SMILES string of the molecule is O=C(Nc1ccc(-c2ccc(C(F)(F)F)cc2F)nn1)c1ccccn1. The van der Waals surface area contributed by atoms with Crippen LogP contribution in [-0.2, 0) is 6.18 Å². The summed E-state index contributed by atoms with van der Waals surface area (Å²) in [6.45, 7) is 0. The monoisotopic (exact) mass is 362 g/mol. The van der Waals surface area contributed by atoms with Gasteiger partial charge in [-0.3, -0.25) is 9.78 Å². The van der Waals surface area contributed by atoms with E-state index in [9.17, 15) is 22.4 Å². The number of carbonyl (C=O) groups is 1. The highest BCUT2D eigenvalue weighted by Crippen LogP contribution is 2.32. The lowest BCUT2D eigenvalue weighted by molar-refractivity contribution is -0.137. The van der Waals surface area contributed by atoms with E-state index in [-0.39, 0.29) is 22.8 Å². The molecule has 0 fully saturated rings. The molecule has 1 N–H and O–H groups in total. The maximum Gasteiger partial charge on any atom is 0.416 e. The zero-order valence-electron chi connectivity index (χ0n) is 13.0. The van der Waals surface area contributed by atoms with Crippen molar-refractivity contribution in [1.82, 2.24) is 15.2 Å². The molecule has 9 heteroatoms. The quantitative estimate of drug-likeness (QED) is 0.717. The van der Waals surface area contributed by atoms with Gasteiger partial charge >= 0.3 is 6.18 Å². The molecule has 0 saturated carbocycles. The van der Waals surface area contributed by atoms with E-state index in [1.165, 1.54) is 24.4 Å². The van der Waals surface area contributed by atoms with Gasteiger partial charge in [-0.05, 0) is 42.5 Å². The maximum absolute atomic E-state index is 14.0. The molecule has 0 radical (unpaired) electrons. The first-order chi connectivity index (χ1) is 12.3. The van der Waals surface area contributed by atoms with Crippen LogP contribution in [0.1, 0.15) is 16.1 Å². The van der Waals surface area contributed by atoms with Gasteiger partial charge in [-0.25, -0.2) is 4.39 Å². The van der Waals surface area contributed by atoms with Crippen LogP contribution in [0.5, 0.6) is 0 Å². The first-order valence-electron chi connectivity index (χ1n) is 7.28. The first kappa shape index (κ1) is 17.5. The Morgan fingerprint density at radius 1 is 1.00 bits per heavy atom. The van der Waals surface area contributed by atoms with E-state index >= 15 is 0 Å². The number of halogens is 4. The minimum atomic E-state index is -4.63. The number of rotatable bonds is 3. The van der Waals surface area contributed by atoms with Crippen molar-refractivity contribution in [3.8, 4) is 11.3 Å². The zero-order chi connectivity index (χ0) is 18.7. The smallest absolute Gasteiger partial charge is 0.304 e. The van der Waals surface area contributed by atoms with Crippen LogP contribution in [0.4, 0.5) is 23.4 Å². The highest BCUT2D eigenvalue weighted by molar-refractivity contribution is 6.02. The van der Waals surface area contributed by atoms with Crippen LogP contribution in [0.15, 0.2) is 54.7 Å². The predicted octanol–water partition coefficient (Wildman–Crippen LogP) is 3.95. The van der Waals surface area contributed by atoms with Gasteiger partial charge in [-0.2, -0.15) is 13.2 Å². The third-order valence-electron chi connectivity index (χ3n) is 3.38. The number of carbonyl (C=O) groups excluding carboxylic acids is 1. The molecule has 2 heterocycles. The Bertz CT molecular complexity index is 928. The molecule has 5 nitrogen and oxygen atoms in total. The summed E-state index contributed by atoms with van der Waals surface area (Å²) in [5.41, 5.74) is -1.02. The number of pyridine rings is 1. The molecule has 26 heavy (non-hydrogen) atoms. The van der Waals surface area contributed by atoms with Crippen molar-refractivity contribution in [2.45, 2.75) is 6.18 Å². The van der Waals surface area contributed by atoms with E-state index in [4.69, 9.17) is 0 Å². The number of nitrogens with zero attached hydrogens (tertiary/aromatic N) is 3. The minimum Gasteiger partial charge on any atom is -0.304 e. The molecule has 0 aliphatic heterocycles. The first-order valence-corrected chi connectivity index (χ1v) is 7.28. The number of hydrogen-bond donors (Lipinski definition) is 1. The largest absolute Gasteiger partial charge is 0.416 e. The summed E-state index contributed by atoms with van der Waals surface area (Å²) in [4.78, 5) is 15.8. The Labute approximate surface area is 144 Å². The summed E-state index contributed by atoms with van der Waals surface area (Å²) >= 11 is 0. The van der Waals surface area contributed by atoms with Crippen molar-refractivity contribution >= 4 is 11.7 Å². The Balaban J connectivity index is 1.79. The lowest BCUT2D eigenvalue weighted by Gasteiger charge is -2.09. The molecular formula is C17H10F4N4O. The molecular weight excluding hydrogens is 352 g/mol. The fourth-order valence-corrected chi connectivity index (χ4v) is 2.12. The molecule has 1 aromatic carbocycles. The molecule has 0 aliphatic rings. The third kappa shape index (κ3) is 3.82. The van der Waals surface area contributed by atoms with Crippen LogP contribution in [0, 0.1) is 5.82 Å². The Morgan fingerprint density at radius 2 is 1.81 bits per heavy atom. The standard InChI is InChI=1S/C17H10F4N4O/c18-12-9-10(17(19,20)21)4-5-11(12)13-6-7-15(25-24-13)23-16(26)14-3-1-2-8-22-14/h1-9H,(H,23,25,26). The molecule has 2 aromatic heterocycles. The van der Waals surface area contributed by atoms with E-state index in [0.29, 0.717) is 6.07 Å². The van der Waals surface area contributed by atoms with Crippen LogP contribution < -0.4 is 5.32 Å². The fraction of sp³-hybridized carbons (Fsp3) is 0.0588. The molecule has 0 spiro atoms. The molecule has 0 unspecified atom stereocenters. The predicted molar refractivity (Wildman–Crippen MR) is 84.6 cm³/mol. The normalized spacial score (nSPS) is 11.2. The maximum atomic E-state index is 14.0. The number of amides is 1. The molecule has 0 aliphatic carbocycles. The van der Waals surface area contributed by atoms with Crippen molar-refractivity contribution < 1.29 is 22.4 Å². The van der Waals surface area contributed by atoms with Crippen molar-refractivity contribution in [1.29, 1.82) is 0 Å². The number of hydrogen-bond acceptors (Lipinski definition) is 4. The Morgan fingerprint density at radius 3 is 2.38 bits per heavy atom. The Kier molecular flexibility index (Phi) is 4.61. The summed E-state index contributed by atoms with van der Waals surface area (Å²) in [7, 11) is 0. The summed E-state index contributed by atoms with van der Waals surface area (Å²) in [6.07, 6.45) is -3.18. The number of alkyl halides is 3. The van der Waals surface area contributed by atoms with Crippen LogP contribution in [0.2, 0.25) is 0 Å². The van der Waals surface area contributed by atoms with Crippen LogP contribution in [0.25, 0.3) is 11.3 Å². The average Bonchev–Trinajstić information content (AvgIpc) is 2.62. The van der Waals surface area contributed by atoms with Gasteiger partial charge in [-0.1, -0.05) is 6.07 Å². The van der Waals surface area contributed by atoms with E-state index < -0.39 is 23.5 Å². The van der Waals surface area contributed by atoms with Gasteiger partial charge in [0.2, 0.25) is 0 Å². The summed E-state index contributed by atoms with van der Waals surface area (Å²) in [5.74, 6) is -1.48.